The third kappa shape index (κ3) is 12.5. The Morgan fingerprint density at radius 2 is 1.47 bits per heavy atom. The van der Waals surface area contributed by atoms with Crippen LogP contribution in [-0.4, -0.2) is 132 Å². The van der Waals surface area contributed by atoms with E-state index in [0.717, 1.165) is 19.3 Å². The zero-order valence-electron chi connectivity index (χ0n) is 35.7. The highest BCUT2D eigenvalue weighted by Crippen LogP contribution is 2.31. The number of rotatable bonds is 24. The van der Waals surface area contributed by atoms with Crippen molar-refractivity contribution in [3.05, 3.63) is 12.2 Å². The summed E-state index contributed by atoms with van der Waals surface area (Å²) >= 11 is 0. The molecule has 0 radical (unpaired) electrons. The largest absolute Gasteiger partial charge is 0.379 e. The van der Waals surface area contributed by atoms with E-state index in [9.17, 15) is 33.6 Å². The van der Waals surface area contributed by atoms with Gasteiger partial charge >= 0.3 is 0 Å². The van der Waals surface area contributed by atoms with Crippen LogP contribution >= 0.6 is 0 Å². The number of likely N-dealkylation sites (tertiary alicyclic amines) is 1. The van der Waals surface area contributed by atoms with Crippen LogP contribution in [0.3, 0.4) is 0 Å². The zero-order valence-corrected chi connectivity index (χ0v) is 35.7. The summed E-state index contributed by atoms with van der Waals surface area (Å²) in [5.74, 6) is -2.75. The summed E-state index contributed by atoms with van der Waals surface area (Å²) in [5.41, 5.74) is 0. The molecular weight excluding hydrogens is 704 g/mol. The molecule has 0 aromatic carbocycles. The summed E-state index contributed by atoms with van der Waals surface area (Å²) in [6.45, 7) is 15.9. The van der Waals surface area contributed by atoms with Gasteiger partial charge in [0.05, 0.1) is 36.8 Å². The van der Waals surface area contributed by atoms with Crippen LogP contribution in [0.2, 0.25) is 0 Å². The Labute approximate surface area is 329 Å². The molecular formula is C42H70N4O9. The van der Waals surface area contributed by atoms with Crippen LogP contribution in [0, 0.1) is 29.6 Å². The number of carbonyl (C=O) groups is 7. The zero-order chi connectivity index (χ0) is 41.7. The first-order valence-corrected chi connectivity index (χ1v) is 20.3. The minimum atomic E-state index is -0.720. The Kier molecular flexibility index (Phi) is 19.4. The highest BCUT2D eigenvalue weighted by Gasteiger charge is 2.43. The molecule has 55 heavy (non-hydrogen) atoms. The van der Waals surface area contributed by atoms with Crippen molar-refractivity contribution in [3.8, 4) is 0 Å². The van der Waals surface area contributed by atoms with Crippen LogP contribution in [0.5, 0.6) is 0 Å². The third-order valence-electron chi connectivity index (χ3n) is 12.0. The molecule has 13 nitrogen and oxygen atoms in total. The number of ketones is 2. The maximum Gasteiger partial charge on any atom is 0.253 e. The molecule has 0 aliphatic carbocycles. The summed E-state index contributed by atoms with van der Waals surface area (Å²) in [6, 6.07) is -1.41. The number of imide groups is 1. The van der Waals surface area contributed by atoms with Gasteiger partial charge in [-0.25, -0.2) is 0 Å². The molecule has 5 amide bonds. The first-order chi connectivity index (χ1) is 25.8. The SMILES string of the molecule is CC[C@H](C)C([C@@H](CC(=O)N1CCC[C@H]1[C@H](OC)[C@@H](C)C(C)=O)OC)N(C)C(=O)[C@@H](CC(=O)[C@H](C(C)C)N(C)C(=O)CCCCCN1C(=O)C=CC1=O)C(C)C. The maximum absolute atomic E-state index is 14.4. The predicted molar refractivity (Wildman–Crippen MR) is 210 cm³/mol. The van der Waals surface area contributed by atoms with Crippen molar-refractivity contribution in [3.63, 3.8) is 0 Å². The van der Waals surface area contributed by atoms with E-state index in [1.54, 1.807) is 33.2 Å². The number of carbonyl (C=O) groups excluding carboxylic acids is 7. The van der Waals surface area contributed by atoms with E-state index in [2.05, 4.69) is 0 Å². The van der Waals surface area contributed by atoms with E-state index in [-0.39, 0.29) is 90.1 Å². The van der Waals surface area contributed by atoms with Gasteiger partial charge in [0.2, 0.25) is 17.7 Å². The normalized spacial score (nSPS) is 19.7. The van der Waals surface area contributed by atoms with Crippen LogP contribution in [0.25, 0.3) is 0 Å². The summed E-state index contributed by atoms with van der Waals surface area (Å²) < 4.78 is 11.8. The maximum atomic E-state index is 14.4. The Bertz CT molecular complexity index is 1360. The number of hydrogen-bond donors (Lipinski definition) is 0. The monoisotopic (exact) mass is 775 g/mol. The van der Waals surface area contributed by atoms with Crippen LogP contribution < -0.4 is 0 Å². The van der Waals surface area contributed by atoms with Gasteiger partial charge in [-0.3, -0.25) is 38.5 Å². The van der Waals surface area contributed by atoms with E-state index < -0.39 is 30.2 Å². The number of likely N-dealkylation sites (N-methyl/N-ethyl adjacent to an activating group) is 2. The van der Waals surface area contributed by atoms with Crippen LogP contribution in [0.15, 0.2) is 12.2 Å². The number of methoxy groups -OCH3 is 2. The fourth-order valence-electron chi connectivity index (χ4n) is 8.34. The topological polar surface area (TPSA) is 151 Å². The van der Waals surface area contributed by atoms with Gasteiger partial charge in [0, 0.05) is 78.2 Å². The fraction of sp³-hybridized carbons (Fsp3) is 0.786. The lowest BCUT2D eigenvalue weighted by Crippen LogP contribution is -2.54. The molecule has 0 spiro atoms. The van der Waals surface area contributed by atoms with Crippen molar-refractivity contribution < 1.29 is 43.0 Å². The Hall–Kier alpha value is -3.45. The molecule has 2 aliphatic rings. The number of amides is 5. The second-order valence-electron chi connectivity index (χ2n) is 16.4. The smallest absolute Gasteiger partial charge is 0.253 e. The minimum absolute atomic E-state index is 0.00635. The Balaban J connectivity index is 2.17. The highest BCUT2D eigenvalue weighted by atomic mass is 16.5. The molecule has 2 aliphatic heterocycles. The Morgan fingerprint density at radius 3 is 1.98 bits per heavy atom. The van der Waals surface area contributed by atoms with E-state index in [4.69, 9.17) is 9.47 Å². The quantitative estimate of drug-likeness (QED) is 0.101. The van der Waals surface area contributed by atoms with Gasteiger partial charge in [-0.15, -0.1) is 0 Å². The van der Waals surface area contributed by atoms with Gasteiger partial charge in [0.15, 0.2) is 5.78 Å². The average molecular weight is 775 g/mol. The average Bonchev–Trinajstić information content (AvgIpc) is 3.75. The van der Waals surface area contributed by atoms with Crippen molar-refractivity contribution in [1.29, 1.82) is 0 Å². The van der Waals surface area contributed by atoms with Crippen LogP contribution in [-0.2, 0) is 43.0 Å². The molecule has 2 rings (SSSR count). The lowest BCUT2D eigenvalue weighted by molar-refractivity contribution is -0.149. The van der Waals surface area contributed by atoms with Gasteiger partial charge in [-0.05, 0) is 50.4 Å². The first-order valence-electron chi connectivity index (χ1n) is 20.3. The van der Waals surface area contributed by atoms with Crippen LogP contribution in [0.1, 0.15) is 113 Å². The van der Waals surface area contributed by atoms with Crippen molar-refractivity contribution in [1.82, 2.24) is 19.6 Å². The number of Topliss-reactive ketones (excluding diaryl/α,β-unsaturated/α-hetero) is 2. The van der Waals surface area contributed by atoms with Gasteiger partial charge in [-0.2, -0.15) is 0 Å². The first kappa shape index (κ1) is 47.7. The molecule has 1 saturated heterocycles. The molecule has 2 heterocycles. The predicted octanol–water partition coefficient (Wildman–Crippen LogP) is 4.70. The summed E-state index contributed by atoms with van der Waals surface area (Å²) in [6.07, 6.45) is 5.73. The summed E-state index contributed by atoms with van der Waals surface area (Å²) in [4.78, 5) is 97.8. The van der Waals surface area contributed by atoms with Crippen LogP contribution in [0.4, 0.5) is 0 Å². The van der Waals surface area contributed by atoms with Gasteiger partial charge < -0.3 is 24.2 Å². The van der Waals surface area contributed by atoms with E-state index in [1.165, 1.54) is 28.9 Å². The van der Waals surface area contributed by atoms with Crippen molar-refractivity contribution >= 4 is 41.1 Å². The minimum Gasteiger partial charge on any atom is -0.379 e. The Morgan fingerprint density at radius 1 is 0.855 bits per heavy atom. The van der Waals surface area contributed by atoms with E-state index in [0.29, 0.717) is 32.4 Å². The third-order valence-corrected chi connectivity index (χ3v) is 12.0. The van der Waals surface area contributed by atoms with Crippen molar-refractivity contribution in [2.75, 3.05) is 41.4 Å². The van der Waals surface area contributed by atoms with E-state index in [1.807, 2.05) is 53.4 Å². The highest BCUT2D eigenvalue weighted by molar-refractivity contribution is 6.12. The van der Waals surface area contributed by atoms with Gasteiger partial charge in [0.1, 0.15) is 5.78 Å². The van der Waals surface area contributed by atoms with Crippen molar-refractivity contribution in [2.45, 2.75) is 144 Å². The lowest BCUT2D eigenvalue weighted by atomic mass is 9.83. The second-order valence-corrected chi connectivity index (χ2v) is 16.4. The summed E-state index contributed by atoms with van der Waals surface area (Å²) in [7, 11) is 6.49. The van der Waals surface area contributed by atoms with E-state index >= 15 is 0 Å². The molecule has 8 atom stereocenters. The van der Waals surface area contributed by atoms with Gasteiger partial charge in [-0.1, -0.05) is 61.3 Å². The number of hydrogen-bond acceptors (Lipinski definition) is 9. The molecule has 0 aromatic rings. The molecule has 1 unspecified atom stereocenters. The molecule has 1 fully saturated rings. The number of ether oxygens (including phenoxy) is 2. The lowest BCUT2D eigenvalue weighted by Gasteiger charge is -2.41. The molecule has 0 aromatic heterocycles. The molecule has 312 valence electrons. The molecule has 0 N–H and O–H groups in total. The number of nitrogens with zero attached hydrogens (tertiary/aromatic N) is 4. The molecule has 13 heteroatoms. The molecule has 0 saturated carbocycles. The fourth-order valence-corrected chi connectivity index (χ4v) is 8.34. The standard InChI is InChI=1S/C42H70N4O9/c1-13-28(6)40(34(54-11)25-38(52)45-23-17-18-32(45)41(55-12)29(7)30(8)47)44(10)42(53)31(26(2)3)24-33(48)39(27(4)5)43(9)35(49)19-15-14-16-22-46-36(50)20-21-37(46)51/h20-21,26-29,31-32,34,39-41H,13-19,22-25H2,1-12H3/t28-,29-,31-,32-,34+,39-,40?,41+/m0/s1. The number of unbranched alkanes of at least 4 members (excludes halogenated alkanes) is 2. The molecule has 0 bridgehead atoms. The van der Waals surface area contributed by atoms with Gasteiger partial charge in [0.25, 0.3) is 11.8 Å². The summed E-state index contributed by atoms with van der Waals surface area (Å²) in [5, 5.41) is 0. The second kappa shape index (κ2) is 22.3. The van der Waals surface area contributed by atoms with Crippen molar-refractivity contribution in [2.24, 2.45) is 29.6 Å².